The fraction of sp³-hybridized carbons (Fsp3) is 0.222. The minimum Gasteiger partial charge on any atom is -0.325 e. The van der Waals surface area contributed by atoms with E-state index in [1.807, 2.05) is 43.3 Å². The third kappa shape index (κ3) is 4.84. The first-order chi connectivity index (χ1) is 11.5. The molecular formula is C18H20N2O3S. The summed E-state index contributed by atoms with van der Waals surface area (Å²) in [5.74, 6) is -0.153. The predicted molar refractivity (Wildman–Crippen MR) is 96.1 cm³/mol. The maximum absolute atomic E-state index is 12.3. The van der Waals surface area contributed by atoms with Gasteiger partial charge in [-0.25, -0.2) is 5.06 Å². The third-order valence-corrected chi connectivity index (χ3v) is 4.44. The number of carbonyl (C=O) groups is 2. The molecule has 0 bridgehead atoms. The van der Waals surface area contributed by atoms with Crippen LogP contribution in [0.5, 0.6) is 0 Å². The molecule has 2 amide bonds. The van der Waals surface area contributed by atoms with Gasteiger partial charge in [-0.1, -0.05) is 29.8 Å². The molecule has 0 radical (unpaired) electrons. The number of benzene rings is 2. The van der Waals surface area contributed by atoms with E-state index in [-0.39, 0.29) is 17.6 Å². The second-order valence-electron chi connectivity index (χ2n) is 5.18. The number of rotatable bonds is 6. The molecule has 2 aromatic rings. The summed E-state index contributed by atoms with van der Waals surface area (Å²) < 4.78 is 0. The molecule has 0 spiro atoms. The Morgan fingerprint density at radius 3 is 2.46 bits per heavy atom. The second kappa shape index (κ2) is 8.52. The molecule has 0 fully saturated rings. The Hall–Kier alpha value is -2.31. The van der Waals surface area contributed by atoms with Crippen LogP contribution >= 0.6 is 11.8 Å². The van der Waals surface area contributed by atoms with Crippen LogP contribution in [0.2, 0.25) is 0 Å². The Kier molecular flexibility index (Phi) is 6.40. The third-order valence-electron chi connectivity index (χ3n) is 3.37. The van der Waals surface area contributed by atoms with Crippen molar-refractivity contribution in [3.63, 3.8) is 0 Å². The van der Waals surface area contributed by atoms with Gasteiger partial charge in [0.25, 0.3) is 5.91 Å². The molecule has 1 N–H and O–H groups in total. The van der Waals surface area contributed by atoms with Gasteiger partial charge in [-0.3, -0.25) is 14.4 Å². The maximum Gasteiger partial charge on any atom is 0.278 e. The average molecular weight is 344 g/mol. The summed E-state index contributed by atoms with van der Waals surface area (Å²) in [5, 5.41) is 4.00. The van der Waals surface area contributed by atoms with Crippen LogP contribution in [-0.4, -0.2) is 36.8 Å². The molecule has 0 atom stereocenters. The Morgan fingerprint density at radius 2 is 1.79 bits per heavy atom. The fourth-order valence-electron chi connectivity index (χ4n) is 2.00. The number of carbonyl (C=O) groups excluding carboxylic acids is 2. The Balaban J connectivity index is 2.00. The quantitative estimate of drug-likeness (QED) is 0.645. The first-order valence-corrected chi connectivity index (χ1v) is 8.40. The zero-order chi connectivity index (χ0) is 17.5. The summed E-state index contributed by atoms with van der Waals surface area (Å²) in [5.41, 5.74) is 2.40. The number of amides is 2. The molecule has 0 aliphatic rings. The molecular weight excluding hydrogens is 324 g/mol. The van der Waals surface area contributed by atoms with Crippen molar-refractivity contribution in [3.8, 4) is 0 Å². The average Bonchev–Trinajstić information content (AvgIpc) is 2.61. The zero-order valence-corrected chi connectivity index (χ0v) is 14.7. The van der Waals surface area contributed by atoms with Crippen LogP contribution in [0.1, 0.15) is 15.9 Å². The highest BCUT2D eigenvalue weighted by molar-refractivity contribution is 8.00. The highest BCUT2D eigenvalue weighted by Gasteiger charge is 2.16. The fourth-order valence-corrected chi connectivity index (χ4v) is 2.84. The van der Waals surface area contributed by atoms with E-state index in [1.54, 1.807) is 19.2 Å². The van der Waals surface area contributed by atoms with Crippen LogP contribution in [-0.2, 0) is 9.63 Å². The van der Waals surface area contributed by atoms with Crippen molar-refractivity contribution in [2.45, 2.75) is 11.8 Å². The van der Waals surface area contributed by atoms with Crippen molar-refractivity contribution < 1.29 is 14.4 Å². The van der Waals surface area contributed by atoms with Gasteiger partial charge in [-0.05, 0) is 31.2 Å². The molecule has 0 aromatic heterocycles. The normalized spacial score (nSPS) is 10.3. The van der Waals surface area contributed by atoms with Gasteiger partial charge in [0.1, 0.15) is 0 Å². The van der Waals surface area contributed by atoms with Gasteiger partial charge in [-0.15, -0.1) is 11.8 Å². The lowest BCUT2D eigenvalue weighted by atomic mass is 10.2. The Morgan fingerprint density at radius 1 is 1.12 bits per heavy atom. The van der Waals surface area contributed by atoms with Crippen molar-refractivity contribution >= 4 is 29.3 Å². The number of aryl methyl sites for hydroxylation is 1. The molecule has 0 saturated heterocycles. The molecule has 0 aliphatic heterocycles. The van der Waals surface area contributed by atoms with Gasteiger partial charge in [-0.2, -0.15) is 0 Å². The summed E-state index contributed by atoms with van der Waals surface area (Å²) in [4.78, 5) is 30.0. The molecule has 5 nitrogen and oxygen atoms in total. The largest absolute Gasteiger partial charge is 0.325 e. The van der Waals surface area contributed by atoms with E-state index in [9.17, 15) is 9.59 Å². The Bertz CT molecular complexity index is 716. The second-order valence-corrected chi connectivity index (χ2v) is 6.20. The summed E-state index contributed by atoms with van der Waals surface area (Å²) in [6.45, 7) is 1.99. The van der Waals surface area contributed by atoms with Gasteiger partial charge in [0.2, 0.25) is 5.91 Å². The maximum atomic E-state index is 12.3. The zero-order valence-electron chi connectivity index (χ0n) is 13.9. The van der Waals surface area contributed by atoms with Crippen LogP contribution in [0.15, 0.2) is 53.4 Å². The number of hydroxylamine groups is 2. The SMILES string of the molecule is CON(C)C(=O)c1ccccc1SCC(=O)Nc1ccc(C)cc1. The minimum absolute atomic E-state index is 0.119. The van der Waals surface area contributed by atoms with Gasteiger partial charge in [0.15, 0.2) is 0 Å². The number of hydrogen-bond donors (Lipinski definition) is 1. The molecule has 0 heterocycles. The summed E-state index contributed by atoms with van der Waals surface area (Å²) >= 11 is 1.32. The summed E-state index contributed by atoms with van der Waals surface area (Å²) in [7, 11) is 2.98. The highest BCUT2D eigenvalue weighted by atomic mass is 32.2. The van der Waals surface area contributed by atoms with E-state index < -0.39 is 0 Å². The number of hydrogen-bond acceptors (Lipinski definition) is 4. The van der Waals surface area contributed by atoms with E-state index in [0.29, 0.717) is 5.56 Å². The smallest absolute Gasteiger partial charge is 0.278 e. The topological polar surface area (TPSA) is 58.6 Å². The number of nitrogens with one attached hydrogen (secondary N) is 1. The van der Waals surface area contributed by atoms with Gasteiger partial charge >= 0.3 is 0 Å². The molecule has 2 rings (SSSR count). The van der Waals surface area contributed by atoms with E-state index in [4.69, 9.17) is 4.84 Å². The van der Waals surface area contributed by atoms with E-state index >= 15 is 0 Å². The standard InChI is InChI=1S/C18H20N2O3S/c1-13-8-10-14(11-9-13)19-17(21)12-24-16-7-5-4-6-15(16)18(22)20(2)23-3/h4-11H,12H2,1-3H3,(H,19,21). The lowest BCUT2D eigenvalue weighted by molar-refractivity contribution is -0.113. The molecule has 2 aromatic carbocycles. The lowest BCUT2D eigenvalue weighted by Gasteiger charge is -2.15. The Labute approximate surface area is 146 Å². The van der Waals surface area contributed by atoms with E-state index in [0.717, 1.165) is 21.2 Å². The number of anilines is 1. The van der Waals surface area contributed by atoms with Crippen LogP contribution < -0.4 is 5.32 Å². The summed E-state index contributed by atoms with van der Waals surface area (Å²) in [6, 6.07) is 14.8. The van der Waals surface area contributed by atoms with Crippen LogP contribution in [0, 0.1) is 6.92 Å². The van der Waals surface area contributed by atoms with E-state index in [1.165, 1.54) is 18.9 Å². The van der Waals surface area contributed by atoms with Gasteiger partial charge in [0, 0.05) is 17.6 Å². The molecule has 0 saturated carbocycles. The first-order valence-electron chi connectivity index (χ1n) is 7.41. The highest BCUT2D eigenvalue weighted by Crippen LogP contribution is 2.24. The number of nitrogens with zero attached hydrogens (tertiary/aromatic N) is 1. The van der Waals surface area contributed by atoms with Crippen molar-refractivity contribution in [1.82, 2.24) is 5.06 Å². The van der Waals surface area contributed by atoms with Crippen LogP contribution in [0.4, 0.5) is 5.69 Å². The van der Waals surface area contributed by atoms with Crippen LogP contribution in [0.25, 0.3) is 0 Å². The van der Waals surface area contributed by atoms with Crippen molar-refractivity contribution in [2.24, 2.45) is 0 Å². The predicted octanol–water partition coefficient (Wildman–Crippen LogP) is 3.36. The minimum atomic E-state index is -0.250. The molecule has 0 aliphatic carbocycles. The molecule has 0 unspecified atom stereocenters. The molecule has 6 heteroatoms. The molecule has 24 heavy (non-hydrogen) atoms. The van der Waals surface area contributed by atoms with Crippen molar-refractivity contribution in [2.75, 3.05) is 25.2 Å². The van der Waals surface area contributed by atoms with Crippen molar-refractivity contribution in [1.29, 1.82) is 0 Å². The van der Waals surface area contributed by atoms with Crippen molar-refractivity contribution in [3.05, 3.63) is 59.7 Å². The van der Waals surface area contributed by atoms with Gasteiger partial charge < -0.3 is 5.32 Å². The monoisotopic (exact) mass is 344 g/mol. The first kappa shape index (κ1) is 18.0. The lowest BCUT2D eigenvalue weighted by Crippen LogP contribution is -2.26. The van der Waals surface area contributed by atoms with Gasteiger partial charge in [0.05, 0.1) is 18.4 Å². The number of thioether (sulfide) groups is 1. The van der Waals surface area contributed by atoms with E-state index in [2.05, 4.69) is 5.32 Å². The summed E-state index contributed by atoms with van der Waals surface area (Å²) in [6.07, 6.45) is 0. The van der Waals surface area contributed by atoms with Crippen LogP contribution in [0.3, 0.4) is 0 Å². The molecule has 126 valence electrons.